The summed E-state index contributed by atoms with van der Waals surface area (Å²) in [7, 11) is 11.2. The van der Waals surface area contributed by atoms with Crippen molar-refractivity contribution in [2.45, 2.75) is 54.6 Å². The molecule has 2 aromatic heterocycles. The van der Waals surface area contributed by atoms with Crippen LogP contribution in [0.25, 0.3) is 66.4 Å². The van der Waals surface area contributed by atoms with Crippen LogP contribution in [0.4, 0.5) is 0 Å². The van der Waals surface area contributed by atoms with Gasteiger partial charge in [-0.15, -0.1) is 57.9 Å². The fourth-order valence-electron chi connectivity index (χ4n) is 6.54. The van der Waals surface area contributed by atoms with Crippen molar-refractivity contribution >= 4 is 67.2 Å². The topological polar surface area (TPSA) is 26.3 Å². The molecule has 0 saturated heterocycles. The molecule has 0 bridgehead atoms. The first kappa shape index (κ1) is 40.6. The van der Waals surface area contributed by atoms with Crippen LogP contribution in [-0.4, -0.2) is 5.43 Å². The monoisotopic (exact) mass is 884 g/mol. The first-order valence-electron chi connectivity index (χ1n) is 17.8. The van der Waals surface area contributed by atoms with E-state index < -0.39 is 18.0 Å². The van der Waals surface area contributed by atoms with Gasteiger partial charge in [0, 0.05) is 10.0 Å². The van der Waals surface area contributed by atoms with Crippen LogP contribution in [0, 0.1) is 41.5 Å². The number of fused-ring (bicyclic) bond motifs is 2. The molecule has 0 spiro atoms. The predicted molar refractivity (Wildman–Crippen MR) is 233 cm³/mol. The zero-order chi connectivity index (χ0) is 38.8. The molecule has 0 unspecified atom stereocenters. The summed E-state index contributed by atoms with van der Waals surface area (Å²) in [6.45, 7) is 16.7. The van der Waals surface area contributed by atoms with Gasteiger partial charge in [0.2, 0.25) is 0 Å². The minimum absolute atomic E-state index is 0.224. The van der Waals surface area contributed by atoms with Crippen LogP contribution in [0.2, 0.25) is 23.1 Å². The Morgan fingerprint density at radius 3 is 1.20 bits per heavy atom. The number of hydrogen-bond donors (Lipinski definition) is 0. The van der Waals surface area contributed by atoms with E-state index in [0.717, 1.165) is 55.3 Å². The van der Waals surface area contributed by atoms with E-state index in [0.29, 0.717) is 0 Å². The van der Waals surface area contributed by atoms with E-state index in [-0.39, 0.29) is 5.43 Å². The number of furan rings is 2. The van der Waals surface area contributed by atoms with Crippen molar-refractivity contribution < 1.29 is 26.8 Å². The van der Waals surface area contributed by atoms with Gasteiger partial charge in [0.1, 0.15) is 0 Å². The van der Waals surface area contributed by atoms with Gasteiger partial charge >= 0.3 is 53.5 Å². The van der Waals surface area contributed by atoms with E-state index in [9.17, 15) is 0 Å². The molecular formula is C46H42Cl4O2SiZr-2. The summed E-state index contributed by atoms with van der Waals surface area (Å²) < 4.78 is 11.8. The quantitative estimate of drug-likeness (QED) is 0.130. The standard InChI is InChI=1S/2C22H18ClO.C2H6Si.2ClH.Zr/c2*1-13-8-9-16-11-17(21-10-14(2)15(3)24-21)12-19(16)22(13)18-6-4-5-7-20(18)23;1-3-2;;;/h2*4-12H,1-3H3;1-2H3;2*1H;/q2*-1;;;;+2/p-2. The second-order valence-electron chi connectivity index (χ2n) is 13.9. The molecule has 0 aliphatic rings. The Hall–Kier alpha value is -3.08. The van der Waals surface area contributed by atoms with E-state index in [1.54, 1.807) is 0 Å². The molecule has 0 aliphatic heterocycles. The number of hydrogen-bond acceptors (Lipinski definition) is 2. The molecule has 8 aromatic rings. The maximum absolute atomic E-state index is 6.46. The third-order valence-corrected chi connectivity index (χ3v) is 30.2. The molecule has 0 radical (unpaired) electrons. The molecule has 0 amide bonds. The van der Waals surface area contributed by atoms with Crippen LogP contribution < -0.4 is 0 Å². The van der Waals surface area contributed by atoms with E-state index >= 15 is 0 Å². The Morgan fingerprint density at radius 2 is 0.889 bits per heavy atom. The van der Waals surface area contributed by atoms with Gasteiger partial charge in [0.25, 0.3) is 0 Å². The summed E-state index contributed by atoms with van der Waals surface area (Å²) >= 11 is 11.3. The number of aryl methyl sites for hydroxylation is 6. The summed E-state index contributed by atoms with van der Waals surface area (Å²) in [5, 5.41) is 6.39. The van der Waals surface area contributed by atoms with Gasteiger partial charge in [-0.3, -0.25) is 0 Å². The molecular weight excluding hydrogens is 846 g/mol. The SMILES string of the molecule is C[Si](C)=[Zr]([Cl])[Cl].Cc1cc(-c2cc3c(-c4ccccc4Cl)c(C)ccc3[cH-]2)oc1C.Cc1cc(-c2cc3c(-c4ccccc4Cl)c(C)ccc3[cH-]2)oc1C. The number of benzene rings is 4. The summed E-state index contributed by atoms with van der Waals surface area (Å²) in [5.41, 5.74) is 11.3. The Balaban J connectivity index is 0.000000160. The normalized spacial score (nSPS) is 11.0. The molecule has 8 heteroatoms. The number of halogens is 4. The summed E-state index contributed by atoms with van der Waals surface area (Å²) in [6.07, 6.45) is 0. The van der Waals surface area contributed by atoms with E-state index in [1.165, 1.54) is 54.9 Å². The van der Waals surface area contributed by atoms with Crippen molar-refractivity contribution in [1.29, 1.82) is 0 Å². The fourth-order valence-corrected chi connectivity index (χ4v) is 7.00. The third kappa shape index (κ3) is 8.81. The van der Waals surface area contributed by atoms with Crippen molar-refractivity contribution in [1.82, 2.24) is 0 Å². The van der Waals surface area contributed by atoms with E-state index in [1.807, 2.05) is 50.2 Å². The predicted octanol–water partition coefficient (Wildman–Crippen LogP) is 16.3. The minimum atomic E-state index is -1.65. The molecule has 6 aromatic carbocycles. The molecule has 0 N–H and O–H groups in total. The molecule has 8 rings (SSSR count). The number of rotatable bonds is 4. The van der Waals surface area contributed by atoms with Crippen molar-refractivity contribution in [3.63, 3.8) is 0 Å². The van der Waals surface area contributed by atoms with Crippen LogP contribution >= 0.6 is 40.2 Å². The maximum Gasteiger partial charge on any atom is 0.0925 e. The largest absolute Gasteiger partial charge is 0.496 e. The fraction of sp³-hybridized carbons (Fsp3) is 0.174. The van der Waals surface area contributed by atoms with Gasteiger partial charge in [0.15, 0.2) is 0 Å². The molecule has 54 heavy (non-hydrogen) atoms. The van der Waals surface area contributed by atoms with Crippen molar-refractivity contribution in [2.75, 3.05) is 0 Å². The molecule has 2 nitrogen and oxygen atoms in total. The Kier molecular flexibility index (Phi) is 13.1. The van der Waals surface area contributed by atoms with E-state index in [4.69, 9.17) is 49.1 Å². The summed E-state index contributed by atoms with van der Waals surface area (Å²) in [6, 6.07) is 37.7. The molecule has 276 valence electrons. The van der Waals surface area contributed by atoms with Crippen molar-refractivity contribution in [3.05, 3.63) is 153 Å². The van der Waals surface area contributed by atoms with Crippen LogP contribution in [-0.2, 0) is 18.0 Å². The first-order chi connectivity index (χ1) is 25.7. The van der Waals surface area contributed by atoms with Crippen molar-refractivity contribution in [2.24, 2.45) is 0 Å². The Labute approximate surface area is 343 Å². The van der Waals surface area contributed by atoms with Crippen LogP contribution in [0.3, 0.4) is 0 Å². The average Bonchev–Trinajstić information content (AvgIpc) is 3.92. The zero-order valence-electron chi connectivity index (χ0n) is 31.7. The maximum atomic E-state index is 6.46. The smallest absolute Gasteiger partial charge is 0.0925 e. The molecule has 0 saturated carbocycles. The van der Waals surface area contributed by atoms with Crippen LogP contribution in [0.15, 0.2) is 118 Å². The van der Waals surface area contributed by atoms with Gasteiger partial charge in [0.05, 0.1) is 23.0 Å². The van der Waals surface area contributed by atoms with Gasteiger partial charge in [-0.1, -0.05) is 94.0 Å². The third-order valence-electron chi connectivity index (χ3n) is 9.76. The minimum Gasteiger partial charge on any atom is -0.496 e. The zero-order valence-corrected chi connectivity index (χ0v) is 38.2. The van der Waals surface area contributed by atoms with Crippen LogP contribution in [0.5, 0.6) is 0 Å². The first-order valence-corrected chi connectivity index (χ1v) is 31.0. The van der Waals surface area contributed by atoms with E-state index in [2.05, 4.69) is 114 Å². The van der Waals surface area contributed by atoms with Crippen molar-refractivity contribution in [3.8, 4) is 44.9 Å². The molecule has 0 fully saturated rings. The molecule has 0 aliphatic carbocycles. The summed E-state index contributed by atoms with van der Waals surface area (Å²) in [5.74, 6) is 3.78. The Bertz CT molecular complexity index is 2420. The van der Waals surface area contributed by atoms with Crippen LogP contribution in [0.1, 0.15) is 33.8 Å². The van der Waals surface area contributed by atoms with Gasteiger partial charge in [-0.25, -0.2) is 0 Å². The summed E-state index contributed by atoms with van der Waals surface area (Å²) in [4.78, 5) is 0. The van der Waals surface area contributed by atoms with Gasteiger partial charge in [-0.2, -0.15) is 0 Å². The average molecular weight is 888 g/mol. The molecule has 2 heterocycles. The van der Waals surface area contributed by atoms with Gasteiger partial charge in [-0.05, 0) is 99.2 Å². The van der Waals surface area contributed by atoms with Gasteiger partial charge < -0.3 is 8.83 Å². The molecule has 0 atom stereocenters. The Morgan fingerprint density at radius 1 is 0.519 bits per heavy atom. The second kappa shape index (κ2) is 17.4. The second-order valence-corrected chi connectivity index (χ2v) is 37.7.